The third-order valence-electron chi connectivity index (χ3n) is 3.70. The number of anilines is 1. The zero-order chi connectivity index (χ0) is 15.4. The Morgan fingerprint density at radius 2 is 2.24 bits per heavy atom. The highest BCUT2D eigenvalue weighted by atomic mass is 35.5. The minimum absolute atomic E-state index is 0.0218. The van der Waals surface area contributed by atoms with Gasteiger partial charge in [0.25, 0.3) is 0 Å². The molecule has 0 bridgehead atoms. The highest BCUT2D eigenvalue weighted by Gasteiger charge is 2.30. The number of piperidine rings is 1. The van der Waals surface area contributed by atoms with Gasteiger partial charge in [-0.25, -0.2) is 4.79 Å². The molecule has 2 amide bonds. The van der Waals surface area contributed by atoms with Crippen LogP contribution in [0, 0.1) is 0 Å². The van der Waals surface area contributed by atoms with E-state index in [1.165, 1.54) is 0 Å². The van der Waals surface area contributed by atoms with Crippen molar-refractivity contribution < 1.29 is 9.53 Å². The van der Waals surface area contributed by atoms with Crippen LogP contribution in [0.25, 0.3) is 0 Å². The van der Waals surface area contributed by atoms with Crippen LogP contribution in [0.5, 0.6) is 0 Å². The lowest BCUT2D eigenvalue weighted by Crippen LogP contribution is -2.52. The van der Waals surface area contributed by atoms with Crippen LogP contribution in [0.15, 0.2) is 18.2 Å². The predicted molar refractivity (Wildman–Crippen MR) is 85.1 cm³/mol. The van der Waals surface area contributed by atoms with Gasteiger partial charge in [0.1, 0.15) is 0 Å². The predicted octanol–water partition coefficient (Wildman–Crippen LogP) is 2.96. The lowest BCUT2D eigenvalue weighted by molar-refractivity contribution is 0.0292. The van der Waals surface area contributed by atoms with E-state index in [0.29, 0.717) is 28.8 Å². The Labute approximate surface area is 134 Å². The summed E-state index contributed by atoms with van der Waals surface area (Å²) in [5.74, 6) is 0. The summed E-state index contributed by atoms with van der Waals surface area (Å²) >= 11 is 11.8. The number of rotatable bonds is 3. The number of nitrogens with zero attached hydrogens (tertiary/aromatic N) is 1. The SMILES string of the molecule is COC1CCN(C(=O)Nc2ccc(Cl)c(Cl)c2)C(CN)C1. The highest BCUT2D eigenvalue weighted by molar-refractivity contribution is 6.42. The van der Waals surface area contributed by atoms with Crippen molar-refractivity contribution in [2.24, 2.45) is 5.73 Å². The Morgan fingerprint density at radius 3 is 2.86 bits per heavy atom. The molecule has 2 rings (SSSR count). The Hall–Kier alpha value is -1.01. The number of likely N-dealkylation sites (tertiary alicyclic amines) is 1. The van der Waals surface area contributed by atoms with Crippen molar-refractivity contribution in [3.63, 3.8) is 0 Å². The van der Waals surface area contributed by atoms with Crippen molar-refractivity contribution in [1.29, 1.82) is 0 Å². The first-order valence-corrected chi connectivity index (χ1v) is 7.56. The zero-order valence-corrected chi connectivity index (χ0v) is 13.3. The van der Waals surface area contributed by atoms with E-state index in [0.717, 1.165) is 12.8 Å². The van der Waals surface area contributed by atoms with Crippen molar-refractivity contribution in [1.82, 2.24) is 4.90 Å². The normalized spacial score (nSPS) is 22.2. The third-order valence-corrected chi connectivity index (χ3v) is 4.44. The summed E-state index contributed by atoms with van der Waals surface area (Å²) in [6.45, 7) is 1.03. The minimum atomic E-state index is -0.182. The van der Waals surface area contributed by atoms with Gasteiger partial charge >= 0.3 is 6.03 Å². The highest BCUT2D eigenvalue weighted by Crippen LogP contribution is 2.26. The molecule has 21 heavy (non-hydrogen) atoms. The van der Waals surface area contributed by atoms with Crippen molar-refractivity contribution >= 4 is 34.9 Å². The van der Waals surface area contributed by atoms with Gasteiger partial charge in [0.05, 0.1) is 16.1 Å². The number of amides is 2. The van der Waals surface area contributed by atoms with E-state index in [4.69, 9.17) is 33.7 Å². The molecule has 0 radical (unpaired) electrons. The average molecular weight is 332 g/mol. The van der Waals surface area contributed by atoms with Crippen LogP contribution in [0.4, 0.5) is 10.5 Å². The number of hydrogen-bond acceptors (Lipinski definition) is 3. The summed E-state index contributed by atoms with van der Waals surface area (Å²) in [5, 5.41) is 3.68. The molecular formula is C14H19Cl2N3O2. The number of nitrogens with one attached hydrogen (secondary N) is 1. The Balaban J connectivity index is 2.03. The van der Waals surface area contributed by atoms with E-state index in [-0.39, 0.29) is 18.2 Å². The molecule has 0 aliphatic carbocycles. The standard InChI is InChI=1S/C14H19Cl2N3O2/c1-21-11-4-5-19(10(7-11)8-17)14(20)18-9-2-3-12(15)13(16)6-9/h2-3,6,10-11H,4-5,7-8,17H2,1H3,(H,18,20). The van der Waals surface area contributed by atoms with Crippen LogP contribution >= 0.6 is 23.2 Å². The fraction of sp³-hybridized carbons (Fsp3) is 0.500. The monoisotopic (exact) mass is 331 g/mol. The van der Waals surface area contributed by atoms with Gasteiger partial charge in [-0.2, -0.15) is 0 Å². The number of ether oxygens (including phenoxy) is 1. The van der Waals surface area contributed by atoms with Crippen LogP contribution in [0.1, 0.15) is 12.8 Å². The molecule has 7 heteroatoms. The first-order chi connectivity index (χ1) is 10.0. The fourth-order valence-electron chi connectivity index (χ4n) is 2.49. The van der Waals surface area contributed by atoms with Crippen molar-refractivity contribution in [2.45, 2.75) is 25.0 Å². The van der Waals surface area contributed by atoms with E-state index in [1.54, 1.807) is 30.2 Å². The van der Waals surface area contributed by atoms with Crippen LogP contribution in [0.3, 0.4) is 0 Å². The van der Waals surface area contributed by atoms with Gasteiger partial charge in [0.15, 0.2) is 0 Å². The maximum atomic E-state index is 12.4. The maximum Gasteiger partial charge on any atom is 0.322 e. The molecule has 1 saturated heterocycles. The van der Waals surface area contributed by atoms with Crippen LogP contribution in [0.2, 0.25) is 10.0 Å². The van der Waals surface area contributed by atoms with Gasteiger partial charge in [-0.05, 0) is 31.0 Å². The number of hydrogen-bond donors (Lipinski definition) is 2. The number of nitrogens with two attached hydrogens (primary N) is 1. The van der Waals surface area contributed by atoms with Gasteiger partial charge in [-0.1, -0.05) is 23.2 Å². The first-order valence-electron chi connectivity index (χ1n) is 6.80. The van der Waals surface area contributed by atoms with E-state index in [9.17, 15) is 4.79 Å². The molecule has 2 atom stereocenters. The second-order valence-corrected chi connectivity index (χ2v) is 5.84. The quantitative estimate of drug-likeness (QED) is 0.894. The number of urea groups is 1. The summed E-state index contributed by atoms with van der Waals surface area (Å²) in [5.41, 5.74) is 6.38. The molecule has 1 aromatic rings. The molecule has 0 spiro atoms. The molecule has 5 nitrogen and oxygen atoms in total. The molecule has 1 aliphatic heterocycles. The molecular weight excluding hydrogens is 313 g/mol. The summed E-state index contributed by atoms with van der Waals surface area (Å²) in [7, 11) is 1.68. The lowest BCUT2D eigenvalue weighted by atomic mass is 10.00. The van der Waals surface area contributed by atoms with Crippen LogP contribution < -0.4 is 11.1 Å². The summed E-state index contributed by atoms with van der Waals surface area (Å²) in [4.78, 5) is 14.1. The number of methoxy groups -OCH3 is 1. The molecule has 1 aromatic carbocycles. The summed E-state index contributed by atoms with van der Waals surface area (Å²) in [6, 6.07) is 4.79. The second kappa shape index (κ2) is 7.31. The Kier molecular flexibility index (Phi) is 5.70. The number of carbonyl (C=O) groups is 1. The topological polar surface area (TPSA) is 67.6 Å². The van der Waals surface area contributed by atoms with Gasteiger partial charge in [0, 0.05) is 31.9 Å². The van der Waals surface area contributed by atoms with Crippen LogP contribution in [-0.4, -0.2) is 43.3 Å². The zero-order valence-electron chi connectivity index (χ0n) is 11.8. The number of halogens is 2. The largest absolute Gasteiger partial charge is 0.381 e. The van der Waals surface area contributed by atoms with Gasteiger partial charge in [-0.15, -0.1) is 0 Å². The second-order valence-electron chi connectivity index (χ2n) is 5.02. The molecule has 1 aliphatic rings. The van der Waals surface area contributed by atoms with Crippen molar-refractivity contribution in [2.75, 3.05) is 25.5 Å². The third kappa shape index (κ3) is 4.01. The van der Waals surface area contributed by atoms with Crippen LogP contribution in [-0.2, 0) is 4.74 Å². The summed E-state index contributed by atoms with van der Waals surface area (Å²) < 4.78 is 5.35. The molecule has 0 aromatic heterocycles. The lowest BCUT2D eigenvalue weighted by Gasteiger charge is -2.38. The number of carbonyl (C=O) groups excluding carboxylic acids is 1. The first kappa shape index (κ1) is 16.4. The molecule has 3 N–H and O–H groups in total. The van der Waals surface area contributed by atoms with E-state index < -0.39 is 0 Å². The van der Waals surface area contributed by atoms with E-state index in [2.05, 4.69) is 5.32 Å². The summed E-state index contributed by atoms with van der Waals surface area (Å²) in [6.07, 6.45) is 1.72. The van der Waals surface area contributed by atoms with E-state index in [1.807, 2.05) is 0 Å². The van der Waals surface area contributed by atoms with E-state index >= 15 is 0 Å². The molecule has 1 heterocycles. The molecule has 1 fully saturated rings. The van der Waals surface area contributed by atoms with Gasteiger partial charge in [0.2, 0.25) is 0 Å². The average Bonchev–Trinajstić information content (AvgIpc) is 2.50. The van der Waals surface area contributed by atoms with Crippen molar-refractivity contribution in [3.05, 3.63) is 28.2 Å². The fourth-order valence-corrected chi connectivity index (χ4v) is 2.79. The van der Waals surface area contributed by atoms with Gasteiger partial charge < -0.3 is 20.7 Å². The maximum absolute atomic E-state index is 12.4. The molecule has 116 valence electrons. The number of benzene rings is 1. The molecule has 0 saturated carbocycles. The Morgan fingerprint density at radius 1 is 1.48 bits per heavy atom. The van der Waals surface area contributed by atoms with Crippen molar-refractivity contribution in [3.8, 4) is 0 Å². The molecule has 2 unspecified atom stereocenters. The van der Waals surface area contributed by atoms with Gasteiger partial charge in [-0.3, -0.25) is 0 Å². The Bertz CT molecular complexity index is 513. The minimum Gasteiger partial charge on any atom is -0.381 e. The smallest absolute Gasteiger partial charge is 0.322 e.